The van der Waals surface area contributed by atoms with Gasteiger partial charge in [0.2, 0.25) is 5.95 Å². The third-order valence-electron chi connectivity index (χ3n) is 2.45. The van der Waals surface area contributed by atoms with Crippen LogP contribution >= 0.6 is 15.9 Å². The van der Waals surface area contributed by atoms with E-state index in [0.29, 0.717) is 15.7 Å². The smallest absolute Gasteiger partial charge is 0.264 e. The van der Waals surface area contributed by atoms with Gasteiger partial charge in [-0.1, -0.05) is 15.9 Å². The molecular weight excluding hydrogens is 332 g/mol. The topological polar surface area (TPSA) is 98.0 Å². The zero-order valence-electron chi connectivity index (χ0n) is 9.96. The lowest BCUT2D eigenvalue weighted by molar-refractivity contribution is 0.600. The van der Waals surface area contributed by atoms with Crippen LogP contribution in [0.2, 0.25) is 0 Å². The molecule has 100 valence electrons. The highest BCUT2D eigenvalue weighted by Gasteiger charge is 2.20. The molecule has 8 heteroatoms. The van der Waals surface area contributed by atoms with Crippen LogP contribution in [0.1, 0.15) is 5.56 Å². The van der Waals surface area contributed by atoms with Crippen molar-refractivity contribution < 1.29 is 8.42 Å². The molecule has 3 N–H and O–H groups in total. The summed E-state index contributed by atoms with van der Waals surface area (Å²) < 4.78 is 27.4. The number of nitrogens with zero attached hydrogens (tertiary/aromatic N) is 2. The molecule has 2 rings (SSSR count). The molecule has 0 saturated carbocycles. The number of rotatable bonds is 3. The Balaban J connectivity index is 2.46. The van der Waals surface area contributed by atoms with Gasteiger partial charge in [-0.3, -0.25) is 0 Å². The first kappa shape index (κ1) is 13.8. The average molecular weight is 343 g/mol. The van der Waals surface area contributed by atoms with Gasteiger partial charge in [-0.2, -0.15) is 0 Å². The van der Waals surface area contributed by atoms with E-state index in [9.17, 15) is 8.42 Å². The molecular formula is C11H11BrN4O2S. The number of aromatic nitrogens is 2. The van der Waals surface area contributed by atoms with Gasteiger partial charge in [0.15, 0.2) is 0 Å². The van der Waals surface area contributed by atoms with Crippen LogP contribution in [0.25, 0.3) is 0 Å². The number of nitrogens with one attached hydrogen (secondary N) is 1. The molecule has 0 saturated heterocycles. The monoisotopic (exact) mass is 342 g/mol. The standard InChI is InChI=1S/C11H11BrN4O2S/c1-7-9(13)5-8(12)6-10(7)19(17,18)16-11-14-3-2-4-15-11/h2-6H,13H2,1H3,(H,14,15,16). The van der Waals surface area contributed by atoms with Crippen LogP contribution < -0.4 is 10.5 Å². The predicted molar refractivity (Wildman–Crippen MR) is 76.1 cm³/mol. The van der Waals surface area contributed by atoms with Gasteiger partial charge in [0, 0.05) is 22.6 Å². The minimum atomic E-state index is -3.77. The number of anilines is 2. The summed E-state index contributed by atoms with van der Waals surface area (Å²) in [6, 6.07) is 4.73. The Morgan fingerprint density at radius 3 is 2.53 bits per heavy atom. The minimum Gasteiger partial charge on any atom is -0.398 e. The van der Waals surface area contributed by atoms with E-state index in [1.807, 2.05) is 0 Å². The van der Waals surface area contributed by atoms with Crippen LogP contribution in [0, 0.1) is 6.92 Å². The molecule has 0 fully saturated rings. The maximum atomic E-state index is 12.3. The summed E-state index contributed by atoms with van der Waals surface area (Å²) >= 11 is 3.22. The number of nitrogens with two attached hydrogens (primary N) is 1. The van der Waals surface area contributed by atoms with Gasteiger partial charge in [0.1, 0.15) is 0 Å². The summed E-state index contributed by atoms with van der Waals surface area (Å²) in [6.07, 6.45) is 2.90. The number of halogens is 1. The van der Waals surface area contributed by atoms with Crippen molar-refractivity contribution in [1.29, 1.82) is 0 Å². The minimum absolute atomic E-state index is 0.0143. The summed E-state index contributed by atoms with van der Waals surface area (Å²) in [4.78, 5) is 7.73. The highest BCUT2D eigenvalue weighted by Crippen LogP contribution is 2.27. The Morgan fingerprint density at radius 1 is 1.26 bits per heavy atom. The molecule has 0 radical (unpaired) electrons. The Morgan fingerprint density at radius 2 is 1.89 bits per heavy atom. The van der Waals surface area contributed by atoms with Gasteiger partial charge in [0.05, 0.1) is 4.90 Å². The molecule has 1 aromatic heterocycles. The van der Waals surface area contributed by atoms with E-state index in [2.05, 4.69) is 30.6 Å². The van der Waals surface area contributed by atoms with Crippen molar-refractivity contribution in [3.8, 4) is 0 Å². The van der Waals surface area contributed by atoms with Gasteiger partial charge < -0.3 is 5.73 Å². The van der Waals surface area contributed by atoms with Crippen LogP contribution in [-0.2, 0) is 10.0 Å². The van der Waals surface area contributed by atoms with Crippen molar-refractivity contribution in [3.05, 3.63) is 40.6 Å². The van der Waals surface area contributed by atoms with E-state index in [-0.39, 0.29) is 10.8 Å². The van der Waals surface area contributed by atoms with Crippen LogP contribution in [0.5, 0.6) is 0 Å². The first-order valence-corrected chi connectivity index (χ1v) is 7.53. The Bertz CT molecular complexity index is 704. The first-order valence-electron chi connectivity index (χ1n) is 5.25. The molecule has 0 bridgehead atoms. The zero-order chi connectivity index (χ0) is 14.0. The summed E-state index contributed by atoms with van der Waals surface area (Å²) in [5.74, 6) is 0.0143. The molecule has 6 nitrogen and oxygen atoms in total. The van der Waals surface area contributed by atoms with Crippen LogP contribution in [0.3, 0.4) is 0 Å². The van der Waals surface area contributed by atoms with Gasteiger partial charge in [-0.15, -0.1) is 0 Å². The van der Waals surface area contributed by atoms with Crippen molar-refractivity contribution in [2.45, 2.75) is 11.8 Å². The van der Waals surface area contributed by atoms with Crippen LogP contribution in [-0.4, -0.2) is 18.4 Å². The number of sulfonamides is 1. The Kier molecular flexibility index (Phi) is 3.72. The molecule has 0 aliphatic heterocycles. The molecule has 0 atom stereocenters. The van der Waals surface area contributed by atoms with E-state index in [1.165, 1.54) is 18.5 Å². The largest absolute Gasteiger partial charge is 0.398 e. The summed E-state index contributed by atoms with van der Waals surface area (Å²) in [5.41, 5.74) is 6.63. The highest BCUT2D eigenvalue weighted by molar-refractivity contribution is 9.10. The van der Waals surface area contributed by atoms with Crippen molar-refractivity contribution >= 4 is 37.6 Å². The van der Waals surface area contributed by atoms with E-state index < -0.39 is 10.0 Å². The fourth-order valence-electron chi connectivity index (χ4n) is 1.48. The molecule has 2 aromatic rings. The van der Waals surface area contributed by atoms with E-state index >= 15 is 0 Å². The van der Waals surface area contributed by atoms with Gasteiger partial charge in [-0.05, 0) is 30.7 Å². The normalized spacial score (nSPS) is 11.3. The SMILES string of the molecule is Cc1c(N)cc(Br)cc1S(=O)(=O)Nc1ncccn1. The molecule has 19 heavy (non-hydrogen) atoms. The van der Waals surface area contributed by atoms with Crippen molar-refractivity contribution in [3.63, 3.8) is 0 Å². The fourth-order valence-corrected chi connectivity index (χ4v) is 3.37. The van der Waals surface area contributed by atoms with Crippen molar-refractivity contribution in [2.75, 3.05) is 10.5 Å². The lowest BCUT2D eigenvalue weighted by atomic mass is 10.2. The Labute approximate surface area is 119 Å². The second-order valence-electron chi connectivity index (χ2n) is 3.80. The summed E-state index contributed by atoms with van der Waals surface area (Å²) in [7, 11) is -3.77. The van der Waals surface area contributed by atoms with Gasteiger partial charge in [-0.25, -0.2) is 23.1 Å². The first-order chi connectivity index (χ1) is 8.90. The summed E-state index contributed by atoms with van der Waals surface area (Å²) in [6.45, 7) is 1.64. The molecule has 0 aliphatic carbocycles. The Hall–Kier alpha value is -1.67. The quantitative estimate of drug-likeness (QED) is 0.830. The zero-order valence-corrected chi connectivity index (χ0v) is 12.4. The van der Waals surface area contributed by atoms with Crippen LogP contribution in [0.4, 0.5) is 11.6 Å². The van der Waals surface area contributed by atoms with Crippen molar-refractivity contribution in [2.24, 2.45) is 0 Å². The number of nitrogen functional groups attached to an aromatic ring is 1. The van der Waals surface area contributed by atoms with E-state index in [4.69, 9.17) is 5.73 Å². The average Bonchev–Trinajstić information content (AvgIpc) is 2.34. The maximum absolute atomic E-state index is 12.3. The number of hydrogen-bond acceptors (Lipinski definition) is 5. The molecule has 1 aromatic carbocycles. The molecule has 1 heterocycles. The second-order valence-corrected chi connectivity index (χ2v) is 6.36. The molecule has 0 spiro atoms. The highest BCUT2D eigenvalue weighted by atomic mass is 79.9. The van der Waals surface area contributed by atoms with Gasteiger partial charge in [0.25, 0.3) is 10.0 Å². The number of benzene rings is 1. The van der Waals surface area contributed by atoms with Crippen molar-refractivity contribution in [1.82, 2.24) is 9.97 Å². The molecule has 0 amide bonds. The third-order valence-corrected chi connectivity index (χ3v) is 4.36. The predicted octanol–water partition coefficient (Wildman–Crippen LogP) is 1.93. The van der Waals surface area contributed by atoms with Crippen LogP contribution in [0.15, 0.2) is 40.0 Å². The lowest BCUT2D eigenvalue weighted by Gasteiger charge is -2.11. The van der Waals surface area contributed by atoms with E-state index in [0.717, 1.165) is 0 Å². The number of hydrogen-bond donors (Lipinski definition) is 2. The fraction of sp³-hybridized carbons (Fsp3) is 0.0909. The molecule has 0 aliphatic rings. The maximum Gasteiger partial charge on any atom is 0.264 e. The lowest BCUT2D eigenvalue weighted by Crippen LogP contribution is -2.16. The van der Waals surface area contributed by atoms with Gasteiger partial charge >= 0.3 is 0 Å². The third kappa shape index (κ3) is 3.02. The van der Waals surface area contributed by atoms with E-state index in [1.54, 1.807) is 19.1 Å². The molecule has 0 unspecified atom stereocenters. The summed E-state index contributed by atoms with van der Waals surface area (Å²) in [5, 5.41) is 0. The second kappa shape index (κ2) is 5.14.